The Morgan fingerprint density at radius 3 is 2.53 bits per heavy atom. The summed E-state index contributed by atoms with van der Waals surface area (Å²) in [5.74, 6) is 0.981. The van der Waals surface area contributed by atoms with Crippen molar-refractivity contribution in [1.29, 1.82) is 0 Å². The van der Waals surface area contributed by atoms with Crippen LogP contribution in [-0.4, -0.2) is 39.6 Å². The van der Waals surface area contributed by atoms with Crippen LogP contribution in [0.5, 0.6) is 0 Å². The van der Waals surface area contributed by atoms with Gasteiger partial charge in [0.05, 0.1) is 11.1 Å². The third-order valence-corrected chi connectivity index (χ3v) is 6.21. The number of nitrogens with one attached hydrogen (secondary N) is 1. The number of nitrogens with zero attached hydrogens (tertiary/aromatic N) is 2. The minimum absolute atomic E-state index is 0.0249. The minimum atomic E-state index is -0.639. The van der Waals surface area contributed by atoms with Gasteiger partial charge in [-0.25, -0.2) is 4.98 Å². The van der Waals surface area contributed by atoms with Crippen LogP contribution in [0.25, 0.3) is 10.9 Å². The van der Waals surface area contributed by atoms with E-state index in [1.807, 2.05) is 59.5 Å². The second-order valence-electron chi connectivity index (χ2n) is 9.27. The van der Waals surface area contributed by atoms with Gasteiger partial charge in [0.15, 0.2) is 0 Å². The smallest absolute Gasteiger partial charge is 0.253 e. The zero-order valence-corrected chi connectivity index (χ0v) is 18.8. The number of amides is 1. The summed E-state index contributed by atoms with van der Waals surface area (Å²) in [6, 6.07) is 17.4. The minimum Gasteiger partial charge on any atom is -0.390 e. The van der Waals surface area contributed by atoms with Crippen molar-refractivity contribution in [2.24, 2.45) is 5.92 Å². The lowest BCUT2D eigenvalue weighted by molar-refractivity contribution is -0.0311. The summed E-state index contributed by atoms with van der Waals surface area (Å²) < 4.78 is 0. The number of anilines is 2. The lowest BCUT2D eigenvalue weighted by atomic mass is 9.84. The van der Waals surface area contributed by atoms with Crippen molar-refractivity contribution in [3.8, 4) is 0 Å². The molecule has 0 bridgehead atoms. The van der Waals surface area contributed by atoms with Crippen LogP contribution in [0.15, 0.2) is 54.6 Å². The van der Waals surface area contributed by atoms with E-state index in [-0.39, 0.29) is 5.91 Å². The third kappa shape index (κ3) is 5.02. The van der Waals surface area contributed by atoms with Crippen LogP contribution < -0.4 is 11.1 Å². The summed E-state index contributed by atoms with van der Waals surface area (Å²) in [7, 11) is 0. The Labute approximate surface area is 189 Å². The van der Waals surface area contributed by atoms with Crippen molar-refractivity contribution in [1.82, 2.24) is 9.88 Å². The monoisotopic (exact) mass is 432 g/mol. The van der Waals surface area contributed by atoms with Gasteiger partial charge in [-0.2, -0.15) is 0 Å². The van der Waals surface area contributed by atoms with E-state index in [2.05, 4.69) is 24.1 Å². The van der Waals surface area contributed by atoms with E-state index in [0.717, 1.165) is 28.6 Å². The maximum atomic E-state index is 12.9. The second-order valence-corrected chi connectivity index (χ2v) is 9.27. The molecule has 2 heterocycles. The number of hydrogen-bond donors (Lipinski definition) is 3. The van der Waals surface area contributed by atoms with Gasteiger partial charge in [-0.3, -0.25) is 4.79 Å². The number of aliphatic hydroxyl groups is 1. The van der Waals surface area contributed by atoms with Crippen molar-refractivity contribution in [2.75, 3.05) is 24.1 Å². The van der Waals surface area contributed by atoms with Gasteiger partial charge in [-0.05, 0) is 67.1 Å². The van der Waals surface area contributed by atoms with Crippen LogP contribution in [0.3, 0.4) is 0 Å². The number of rotatable bonds is 6. The maximum absolute atomic E-state index is 12.9. The highest BCUT2D eigenvalue weighted by molar-refractivity contribution is 5.94. The van der Waals surface area contributed by atoms with Crippen LogP contribution in [-0.2, 0) is 6.54 Å². The molecule has 1 aliphatic rings. The van der Waals surface area contributed by atoms with Crippen molar-refractivity contribution in [3.05, 3.63) is 65.7 Å². The van der Waals surface area contributed by atoms with Crippen molar-refractivity contribution in [2.45, 2.75) is 45.3 Å². The molecular weight excluding hydrogens is 400 g/mol. The van der Waals surface area contributed by atoms with Crippen LogP contribution >= 0.6 is 0 Å². The molecule has 4 N–H and O–H groups in total. The van der Waals surface area contributed by atoms with Gasteiger partial charge in [0.25, 0.3) is 5.91 Å². The van der Waals surface area contributed by atoms with E-state index in [0.29, 0.717) is 49.8 Å². The summed E-state index contributed by atoms with van der Waals surface area (Å²) in [4.78, 5) is 19.2. The second kappa shape index (κ2) is 9.17. The highest BCUT2D eigenvalue weighted by Gasteiger charge is 2.34. The van der Waals surface area contributed by atoms with Crippen LogP contribution in [0, 0.1) is 5.92 Å². The van der Waals surface area contributed by atoms with E-state index < -0.39 is 5.60 Å². The number of nitrogens with two attached hydrogens (primary N) is 1. The molecule has 1 aliphatic heterocycles. The van der Waals surface area contributed by atoms with E-state index >= 15 is 0 Å². The van der Waals surface area contributed by atoms with Gasteiger partial charge < -0.3 is 21.1 Å². The first-order chi connectivity index (χ1) is 15.3. The lowest BCUT2D eigenvalue weighted by Crippen LogP contribution is -2.47. The van der Waals surface area contributed by atoms with E-state index in [1.54, 1.807) is 0 Å². The predicted octanol–water partition coefficient (Wildman–Crippen LogP) is 4.44. The predicted molar refractivity (Wildman–Crippen MR) is 129 cm³/mol. The Morgan fingerprint density at radius 1 is 1.12 bits per heavy atom. The third-order valence-electron chi connectivity index (χ3n) is 6.21. The van der Waals surface area contributed by atoms with Crippen LogP contribution in [0.4, 0.5) is 11.5 Å². The van der Waals surface area contributed by atoms with Crippen LogP contribution in [0.2, 0.25) is 0 Å². The summed E-state index contributed by atoms with van der Waals surface area (Å²) >= 11 is 0. The first-order valence-corrected chi connectivity index (χ1v) is 11.3. The molecule has 0 spiro atoms. The molecule has 6 nitrogen and oxygen atoms in total. The molecule has 1 amide bonds. The Morgan fingerprint density at radius 2 is 1.84 bits per heavy atom. The first-order valence-electron chi connectivity index (χ1n) is 11.3. The molecule has 6 heteroatoms. The fourth-order valence-electron chi connectivity index (χ4n) is 4.57. The number of nitrogen functional groups attached to an aromatic ring is 1. The molecule has 1 aromatic heterocycles. The summed E-state index contributed by atoms with van der Waals surface area (Å²) in [5, 5.41) is 15.2. The summed E-state index contributed by atoms with van der Waals surface area (Å²) in [6.07, 6.45) is 2.06. The number of hydrogen-bond acceptors (Lipinski definition) is 5. The maximum Gasteiger partial charge on any atom is 0.253 e. The molecule has 3 aromatic rings. The zero-order chi connectivity index (χ0) is 22.7. The van der Waals surface area contributed by atoms with Gasteiger partial charge in [0, 0.05) is 36.3 Å². The number of aromatic nitrogens is 1. The van der Waals surface area contributed by atoms with Gasteiger partial charge in [0.1, 0.15) is 5.82 Å². The zero-order valence-electron chi connectivity index (χ0n) is 18.8. The SMILES string of the molecule is CC(C)CC1(O)CCN(C(=O)c2ccc(NCc3cccc4ccc(N)nc34)cc2)CC1. The number of pyridine rings is 1. The molecule has 168 valence electrons. The Hall–Kier alpha value is -3.12. The van der Waals surface area contributed by atoms with E-state index in [9.17, 15) is 9.90 Å². The average molecular weight is 433 g/mol. The molecule has 32 heavy (non-hydrogen) atoms. The number of fused-ring (bicyclic) bond motifs is 1. The van der Waals surface area contributed by atoms with Crippen molar-refractivity contribution in [3.63, 3.8) is 0 Å². The highest BCUT2D eigenvalue weighted by atomic mass is 16.3. The lowest BCUT2D eigenvalue weighted by Gasteiger charge is -2.39. The van der Waals surface area contributed by atoms with E-state index in [1.165, 1.54) is 0 Å². The fraction of sp³-hybridized carbons (Fsp3) is 0.385. The Balaban J connectivity index is 1.37. The molecular formula is C26H32N4O2. The number of benzene rings is 2. The summed E-state index contributed by atoms with van der Waals surface area (Å²) in [5.41, 5.74) is 8.79. The number of carbonyl (C=O) groups is 1. The number of para-hydroxylation sites is 1. The Bertz CT molecular complexity index is 1090. The Kier molecular flexibility index (Phi) is 6.33. The standard InChI is InChI=1S/C26H32N4O2/c1-18(2)16-26(32)12-14-30(15-13-26)25(31)20-6-9-22(10-7-20)28-17-21-5-3-4-19-8-11-23(27)29-24(19)21/h3-11,18,28,32H,12-17H2,1-2H3,(H2,27,29). The fourth-order valence-corrected chi connectivity index (χ4v) is 4.57. The average Bonchev–Trinajstić information content (AvgIpc) is 2.77. The van der Waals surface area contributed by atoms with Crippen LogP contribution in [0.1, 0.15) is 49.0 Å². The molecule has 4 rings (SSSR count). The first kappa shape index (κ1) is 22.1. The van der Waals surface area contributed by atoms with Crippen molar-refractivity contribution < 1.29 is 9.90 Å². The van der Waals surface area contributed by atoms with Gasteiger partial charge in [-0.15, -0.1) is 0 Å². The quantitative estimate of drug-likeness (QED) is 0.536. The normalized spacial score (nSPS) is 15.8. The molecule has 1 saturated heterocycles. The largest absolute Gasteiger partial charge is 0.390 e. The topological polar surface area (TPSA) is 91.5 Å². The molecule has 0 radical (unpaired) electrons. The van der Waals surface area contributed by atoms with Gasteiger partial charge in [0.2, 0.25) is 0 Å². The van der Waals surface area contributed by atoms with Crippen molar-refractivity contribution >= 4 is 28.3 Å². The molecule has 0 atom stereocenters. The molecule has 0 unspecified atom stereocenters. The number of likely N-dealkylation sites (tertiary alicyclic amines) is 1. The molecule has 2 aromatic carbocycles. The molecule has 0 saturated carbocycles. The highest BCUT2D eigenvalue weighted by Crippen LogP contribution is 2.29. The van der Waals surface area contributed by atoms with Gasteiger partial charge in [-0.1, -0.05) is 32.0 Å². The number of carbonyl (C=O) groups excluding carboxylic acids is 1. The number of piperidine rings is 1. The molecule has 0 aliphatic carbocycles. The van der Waals surface area contributed by atoms with E-state index in [4.69, 9.17) is 5.73 Å². The van der Waals surface area contributed by atoms with Gasteiger partial charge >= 0.3 is 0 Å². The summed E-state index contributed by atoms with van der Waals surface area (Å²) in [6.45, 7) is 6.05. The molecule has 1 fully saturated rings.